The largest absolute Gasteiger partial charge is 0.479 e. The van der Waals surface area contributed by atoms with E-state index < -0.39 is 421 Å². The van der Waals surface area contributed by atoms with E-state index in [0.717, 1.165) is 11.9 Å². The standard InChI is InChI=1S/C99H160O51/c1-14-37(3)47(136-56(109)26-43(106)25-48(38(4)15-2)137-85-65(118)61(114)51(32-102)138-85)24-42(105)27-57(110)142-73-40(6)135-89(79(69(73)122)148-88-72(125)77(146-86-67(120)63(116)59(112)49(30-100)139-86)74(41(7)134-88)143-83-71(124)75(46(107)33-131-83)144-91-81(126)98(130,35-104)36-132-91)150-92(129)99-23-22-93(8,9)28-45(99)44-16-17-53-94(10)20-19-55(95(11,34-103)52(94)18-21-96(53,12)97(44,13)29-54(99)108)141-90-80(149-87-68(121)64(117)60(113)50(31-101)140-87)76(70(123)78(147-90)82(127)128)145-84-66(119)62(115)58(111)39(5)133-84/h16,34,37-43,45-55,58-81,83-91,100-102,104-108,111-126,130H,14-15,17-33,35-36H2,1-13H3,(H,127,128)/t37-,38+,39+,40-,41+,42+,43+,45+,46-,47-,48+,49-,50-,51+,52-,53-,54-,55+,58+,59-,60+,61+,62-,63+,64+,65-,66-,67-,68-,69+,70+,71-,72-,73+,74+,75+,76+,77+,78+,79-,80-,81+,83+,84+,85-,86+,87+,88+,89+,90-,91+,94+,95+,96-,97-,98-,99-/m1/s1. The summed E-state index contributed by atoms with van der Waals surface area (Å²) in [5, 5.41) is 292. The van der Waals surface area contributed by atoms with E-state index in [1.165, 1.54) is 20.8 Å². The van der Waals surface area contributed by atoms with Crippen LogP contribution < -0.4 is 0 Å². The normalized spacial score (nSPS) is 49.4. The van der Waals surface area contributed by atoms with Crippen LogP contribution in [0.3, 0.4) is 0 Å². The molecule has 14 aliphatic rings. The maximum atomic E-state index is 16.7. The zero-order valence-electron chi connectivity index (χ0n) is 86.3. The summed E-state index contributed by atoms with van der Waals surface area (Å²) in [5.41, 5.74) is -8.20. The Kier molecular flexibility index (Phi) is 38.9. The molecule has 862 valence electrons. The molecule has 26 N–H and O–H groups in total. The molecule has 14 rings (SSSR count). The molecular formula is C99H160O51. The fraction of sp³-hybridized carbons (Fsp3) is 0.929. The molecule has 0 radical (unpaired) electrons. The van der Waals surface area contributed by atoms with Gasteiger partial charge in [0.25, 0.3) is 0 Å². The highest BCUT2D eigenvalue weighted by molar-refractivity contribution is 5.80. The molecule has 0 spiro atoms. The molecule has 0 bridgehead atoms. The number of ether oxygens (including phenoxy) is 20. The van der Waals surface area contributed by atoms with E-state index in [2.05, 4.69) is 19.9 Å². The van der Waals surface area contributed by atoms with Crippen LogP contribution in [0.2, 0.25) is 0 Å². The maximum absolute atomic E-state index is 16.7. The highest BCUT2D eigenvalue weighted by Gasteiger charge is 2.74. The molecule has 0 aromatic rings. The highest BCUT2D eigenvalue weighted by atomic mass is 16.8. The summed E-state index contributed by atoms with van der Waals surface area (Å²) in [6, 6.07) is 0. The van der Waals surface area contributed by atoms with E-state index in [1.807, 2.05) is 27.7 Å². The Bertz CT molecular complexity index is 4490. The third-order valence-corrected chi connectivity index (χ3v) is 35.7. The Morgan fingerprint density at radius 2 is 0.967 bits per heavy atom. The molecule has 9 saturated heterocycles. The molecule has 13 fully saturated rings. The monoisotopic (exact) mass is 2160 g/mol. The van der Waals surface area contributed by atoms with Crippen molar-refractivity contribution in [2.24, 2.45) is 62.1 Å². The average molecular weight is 2170 g/mol. The second-order valence-corrected chi connectivity index (χ2v) is 45.8. The van der Waals surface area contributed by atoms with Crippen molar-refractivity contribution in [3.63, 3.8) is 0 Å². The molecule has 5 aliphatic carbocycles. The van der Waals surface area contributed by atoms with E-state index >= 15 is 4.79 Å². The van der Waals surface area contributed by atoms with E-state index in [9.17, 15) is 152 Å². The minimum atomic E-state index is -2.39. The molecule has 150 heavy (non-hydrogen) atoms. The number of carboxylic acids is 1. The number of hydrogen-bond donors (Lipinski definition) is 26. The summed E-state index contributed by atoms with van der Waals surface area (Å²) in [5.74, 6) is -7.68. The lowest BCUT2D eigenvalue weighted by Gasteiger charge is -2.71. The minimum absolute atomic E-state index is 0.00389. The molecule has 9 aliphatic heterocycles. The van der Waals surface area contributed by atoms with Gasteiger partial charge in [0.2, 0.25) is 6.29 Å². The predicted octanol–water partition coefficient (Wildman–Crippen LogP) is -7.47. The molecule has 0 amide bonds. The van der Waals surface area contributed by atoms with Gasteiger partial charge in [-0.25, -0.2) is 4.79 Å². The highest BCUT2D eigenvalue weighted by Crippen LogP contribution is 2.76. The number of fused-ring (bicyclic) bond motifs is 7. The Morgan fingerprint density at radius 1 is 0.467 bits per heavy atom. The molecule has 0 aromatic heterocycles. The molecule has 9 heterocycles. The average Bonchev–Trinajstić information content (AvgIpc) is 0.764. The maximum Gasteiger partial charge on any atom is 0.335 e. The van der Waals surface area contributed by atoms with Gasteiger partial charge >= 0.3 is 23.9 Å². The van der Waals surface area contributed by atoms with Gasteiger partial charge < -0.3 is 232 Å². The van der Waals surface area contributed by atoms with Gasteiger partial charge in [-0.1, -0.05) is 93.7 Å². The molecule has 57 atom stereocenters. The van der Waals surface area contributed by atoms with Crippen LogP contribution in [0.25, 0.3) is 0 Å². The molecule has 51 nitrogen and oxygen atoms in total. The molecule has 0 aromatic carbocycles. The number of aliphatic carboxylic acids is 1. The minimum Gasteiger partial charge on any atom is -0.479 e. The first-order chi connectivity index (χ1) is 70.4. The van der Waals surface area contributed by atoms with Crippen molar-refractivity contribution >= 4 is 30.2 Å². The predicted molar refractivity (Wildman–Crippen MR) is 495 cm³/mol. The number of allylic oxidation sites excluding steroid dienone is 2. The SMILES string of the molecule is CC[C@@H](C)[C@@H](C[C@H](O)CC(=O)O[C@@H]1[C@H](O)[C@@H](O[C@@H]2O[C@@H](C)[C@H](O[C@@H]3OC[C@@H](O)[C@H](O[C@@H]4OC[C@](O)(CO)[C@H]4O)[C@H]3O)[C@@H](O[C@@H]3O[C@H](CO)[C@@H](O)[C@H](O)[C@H]3O)[C@H]2O)[C@H](OC(=O)[C@]23CCC(C)(C)C[C@H]2C2=CC[C@@H]4[C@@]5(C)CC[C@H](O[C@@H]6O[C@H](C(=O)O)[C@@H](O)[C@H](O[C@@H]7O[C@@H](C)[C@H](O)[C@@H](O)[C@H]7O)[C@H]6O[C@@H]6O[C@H](CO)[C@H](O)[C@H](O)[C@H]6O)[C@@](C)(C=O)[C@@H]5CC[C@@]4(C)[C@]2(C)C[C@H]3O)O[C@@H]1C)OC(=O)C[C@@H](O)C[C@H](O[C@@H]1O[C@@H](CO)[C@H](O)[C@H]1O)[C@@H](C)CC. The third-order valence-electron chi connectivity index (χ3n) is 35.7. The van der Waals surface area contributed by atoms with Crippen molar-refractivity contribution in [1.82, 2.24) is 0 Å². The summed E-state index contributed by atoms with van der Waals surface area (Å²) in [6.07, 6.45) is -81.6. The van der Waals surface area contributed by atoms with Crippen LogP contribution in [0.1, 0.15) is 186 Å². The smallest absolute Gasteiger partial charge is 0.335 e. The van der Waals surface area contributed by atoms with Crippen LogP contribution in [0.15, 0.2) is 11.6 Å². The first kappa shape index (κ1) is 121. The van der Waals surface area contributed by atoms with Gasteiger partial charge in [-0.15, -0.1) is 0 Å². The fourth-order valence-electron chi connectivity index (χ4n) is 25.8. The van der Waals surface area contributed by atoms with Crippen LogP contribution >= 0.6 is 0 Å². The topological polar surface area (TPSA) is 796 Å². The summed E-state index contributed by atoms with van der Waals surface area (Å²) in [6.45, 7) is 17.9. The van der Waals surface area contributed by atoms with Crippen LogP contribution in [-0.4, -0.2) is 491 Å². The zero-order valence-corrected chi connectivity index (χ0v) is 86.3. The number of rotatable bonds is 38. The van der Waals surface area contributed by atoms with Gasteiger partial charge in [-0.05, 0) is 130 Å². The quantitative estimate of drug-likeness (QED) is 0.00898. The summed E-state index contributed by atoms with van der Waals surface area (Å²) in [7, 11) is 0. The fourth-order valence-corrected chi connectivity index (χ4v) is 25.8. The van der Waals surface area contributed by atoms with Crippen molar-refractivity contribution in [2.45, 2.75) is 474 Å². The van der Waals surface area contributed by atoms with Gasteiger partial charge in [0.1, 0.15) is 176 Å². The van der Waals surface area contributed by atoms with E-state index in [-0.39, 0.29) is 56.8 Å². The second-order valence-electron chi connectivity index (χ2n) is 45.8. The summed E-state index contributed by atoms with van der Waals surface area (Å²) >= 11 is 0. The molecular weight excluding hydrogens is 2010 g/mol. The summed E-state index contributed by atoms with van der Waals surface area (Å²) < 4.78 is 122. The Morgan fingerprint density at radius 3 is 1.55 bits per heavy atom. The lowest BCUT2D eigenvalue weighted by atomic mass is 9.33. The van der Waals surface area contributed by atoms with Gasteiger partial charge in [0.15, 0.2) is 68.6 Å². The van der Waals surface area contributed by atoms with E-state index in [0.29, 0.717) is 32.1 Å². The third kappa shape index (κ3) is 23.4. The van der Waals surface area contributed by atoms with Crippen molar-refractivity contribution in [3.8, 4) is 0 Å². The van der Waals surface area contributed by atoms with Crippen LogP contribution in [0, 0.1) is 62.1 Å². The number of carboxylic acid groups (broad SMARTS) is 1. The number of aldehydes is 1. The number of aliphatic hydroxyl groups is 25. The van der Waals surface area contributed by atoms with Crippen molar-refractivity contribution in [2.75, 3.05) is 39.6 Å². The Labute approximate surface area is 865 Å². The van der Waals surface area contributed by atoms with Gasteiger partial charge in [0.05, 0.1) is 107 Å². The Balaban J connectivity index is 0.750. The van der Waals surface area contributed by atoms with Crippen molar-refractivity contribution < 1.29 is 251 Å². The van der Waals surface area contributed by atoms with E-state index in [1.54, 1.807) is 27.7 Å². The second kappa shape index (κ2) is 48.3. The Hall–Kier alpha value is -4.39. The van der Waals surface area contributed by atoms with Crippen molar-refractivity contribution in [1.29, 1.82) is 0 Å². The lowest BCUT2D eigenvalue weighted by Crippen LogP contribution is -2.69. The lowest BCUT2D eigenvalue weighted by molar-refractivity contribution is -0.396. The molecule has 51 heteroatoms. The van der Waals surface area contributed by atoms with Crippen LogP contribution in [0.4, 0.5) is 0 Å². The number of esters is 3. The van der Waals surface area contributed by atoms with Crippen LogP contribution in [0.5, 0.6) is 0 Å². The van der Waals surface area contributed by atoms with E-state index in [4.69, 9.17) is 94.7 Å². The van der Waals surface area contributed by atoms with Gasteiger partial charge in [-0.3, -0.25) is 14.4 Å². The first-order valence-electron chi connectivity index (χ1n) is 52.3. The van der Waals surface area contributed by atoms with Gasteiger partial charge in [-0.2, -0.15) is 0 Å². The summed E-state index contributed by atoms with van der Waals surface area (Å²) in [4.78, 5) is 72.9. The number of aliphatic hydroxyl groups excluding tert-OH is 24. The molecule has 0 unspecified atom stereocenters. The zero-order chi connectivity index (χ0) is 110. The van der Waals surface area contributed by atoms with Crippen molar-refractivity contribution in [3.05, 3.63) is 11.6 Å². The number of carbonyl (C=O) groups is 5. The van der Waals surface area contributed by atoms with Crippen LogP contribution in [-0.2, 0) is 119 Å². The first-order valence-corrected chi connectivity index (χ1v) is 52.3. The van der Waals surface area contributed by atoms with Gasteiger partial charge in [0, 0.05) is 12.8 Å². The molecule has 4 saturated carbocycles. The number of carbonyl (C=O) groups excluding carboxylic acids is 4. The number of hydrogen-bond acceptors (Lipinski definition) is 50.